The molecule has 0 bridgehead atoms. The molecule has 1 saturated heterocycles. The van der Waals surface area contributed by atoms with Crippen LogP contribution < -0.4 is 9.64 Å². The van der Waals surface area contributed by atoms with E-state index in [1.807, 2.05) is 49.4 Å². The number of rotatable bonds is 6. The quantitative estimate of drug-likeness (QED) is 0.475. The molecule has 1 aromatic carbocycles. The fourth-order valence-electron chi connectivity index (χ4n) is 3.64. The number of hydrogen-bond acceptors (Lipinski definition) is 9. The summed E-state index contributed by atoms with van der Waals surface area (Å²) in [4.78, 5) is 11.2. The van der Waals surface area contributed by atoms with Gasteiger partial charge in [-0.15, -0.1) is 0 Å². The molecule has 30 heavy (non-hydrogen) atoms. The molecule has 9 nitrogen and oxygen atoms in total. The van der Waals surface area contributed by atoms with Crippen molar-refractivity contribution in [3.63, 3.8) is 0 Å². The molecule has 0 amide bonds. The number of ether oxygens (including phenoxy) is 1. The van der Waals surface area contributed by atoms with Gasteiger partial charge in [0.2, 0.25) is 5.82 Å². The van der Waals surface area contributed by atoms with E-state index in [4.69, 9.17) is 13.9 Å². The van der Waals surface area contributed by atoms with E-state index in [2.05, 4.69) is 30.3 Å². The van der Waals surface area contributed by atoms with Gasteiger partial charge in [0.05, 0.1) is 11.6 Å². The maximum atomic E-state index is 5.66. The van der Waals surface area contributed by atoms with Crippen molar-refractivity contribution in [2.75, 3.05) is 11.4 Å². The van der Waals surface area contributed by atoms with E-state index in [1.54, 1.807) is 6.20 Å². The molecule has 1 aliphatic heterocycles. The van der Waals surface area contributed by atoms with Gasteiger partial charge >= 0.3 is 0 Å². The summed E-state index contributed by atoms with van der Waals surface area (Å²) in [6.45, 7) is 3.05. The second kappa shape index (κ2) is 7.94. The topological polar surface area (TPSA) is 103 Å². The van der Waals surface area contributed by atoms with Crippen molar-refractivity contribution >= 4 is 5.82 Å². The van der Waals surface area contributed by atoms with Crippen molar-refractivity contribution < 1.29 is 13.9 Å². The van der Waals surface area contributed by atoms with Crippen LogP contribution in [0.1, 0.15) is 36.1 Å². The molecular weight excluding hydrogens is 384 g/mol. The van der Waals surface area contributed by atoms with Gasteiger partial charge in [-0.2, -0.15) is 4.98 Å². The van der Waals surface area contributed by atoms with Crippen molar-refractivity contribution in [1.29, 1.82) is 0 Å². The van der Waals surface area contributed by atoms with Gasteiger partial charge in [0.25, 0.3) is 5.89 Å². The molecule has 0 spiro atoms. The average Bonchev–Trinajstić information content (AvgIpc) is 3.54. The maximum absolute atomic E-state index is 5.66. The minimum atomic E-state index is 0.125. The maximum Gasteiger partial charge on any atom is 0.259 e. The number of aryl methyl sites for hydroxylation is 1. The fourth-order valence-corrected chi connectivity index (χ4v) is 3.64. The lowest BCUT2D eigenvalue weighted by Crippen LogP contribution is -2.24. The molecule has 1 unspecified atom stereocenters. The van der Waals surface area contributed by atoms with Gasteiger partial charge in [0, 0.05) is 12.7 Å². The molecule has 4 heterocycles. The van der Waals surface area contributed by atoms with Crippen molar-refractivity contribution in [3.05, 3.63) is 65.9 Å². The second-order valence-electron chi connectivity index (χ2n) is 7.11. The summed E-state index contributed by atoms with van der Waals surface area (Å²) in [6.07, 6.45) is 3.80. The van der Waals surface area contributed by atoms with E-state index in [0.717, 1.165) is 47.9 Å². The number of benzene rings is 1. The summed E-state index contributed by atoms with van der Waals surface area (Å²) >= 11 is 0. The lowest BCUT2D eigenvalue weighted by Gasteiger charge is -2.24. The molecule has 9 heteroatoms. The lowest BCUT2D eigenvalue weighted by atomic mass is 10.1. The minimum Gasteiger partial charge on any atom is -0.485 e. The summed E-state index contributed by atoms with van der Waals surface area (Å²) in [5.41, 5.74) is 2.45. The molecular formula is C21H20N6O3. The summed E-state index contributed by atoms with van der Waals surface area (Å²) in [5, 5.41) is 12.0. The Bertz CT molecular complexity index is 1110. The Labute approximate surface area is 172 Å². The molecule has 0 N–H and O–H groups in total. The zero-order valence-electron chi connectivity index (χ0n) is 16.4. The molecule has 0 radical (unpaired) electrons. The molecule has 152 valence electrons. The molecule has 5 rings (SSSR count). The zero-order chi connectivity index (χ0) is 20.3. The number of aromatic nitrogens is 5. The highest BCUT2D eigenvalue weighted by Crippen LogP contribution is 2.35. The third kappa shape index (κ3) is 3.61. The second-order valence-corrected chi connectivity index (χ2v) is 7.11. The monoisotopic (exact) mass is 404 g/mol. The predicted molar refractivity (Wildman–Crippen MR) is 107 cm³/mol. The molecule has 4 aromatic rings. The predicted octanol–water partition coefficient (Wildman–Crippen LogP) is 3.74. The Kier molecular flexibility index (Phi) is 4.84. The van der Waals surface area contributed by atoms with Gasteiger partial charge in [-0.3, -0.25) is 0 Å². The van der Waals surface area contributed by atoms with E-state index in [1.165, 1.54) is 0 Å². The van der Waals surface area contributed by atoms with Crippen LogP contribution in [0.4, 0.5) is 5.82 Å². The highest BCUT2D eigenvalue weighted by molar-refractivity contribution is 5.55. The first kappa shape index (κ1) is 18.3. The van der Waals surface area contributed by atoms with Crippen molar-refractivity contribution in [3.8, 4) is 17.2 Å². The van der Waals surface area contributed by atoms with Crippen LogP contribution in [0.3, 0.4) is 0 Å². The van der Waals surface area contributed by atoms with Gasteiger partial charge in [-0.25, -0.2) is 9.61 Å². The molecule has 0 saturated carbocycles. The number of anilines is 1. The van der Waals surface area contributed by atoms with E-state index in [9.17, 15) is 0 Å². The van der Waals surface area contributed by atoms with E-state index in [0.29, 0.717) is 11.7 Å². The van der Waals surface area contributed by atoms with Crippen LogP contribution in [0.15, 0.2) is 57.8 Å². The number of pyridine rings is 1. The summed E-state index contributed by atoms with van der Waals surface area (Å²) in [7, 11) is 0. The Balaban J connectivity index is 1.28. The van der Waals surface area contributed by atoms with Gasteiger partial charge in [-0.05, 0) is 44.0 Å². The van der Waals surface area contributed by atoms with Crippen LogP contribution >= 0.6 is 0 Å². The molecule has 0 aliphatic carbocycles. The largest absolute Gasteiger partial charge is 0.485 e. The smallest absolute Gasteiger partial charge is 0.259 e. The lowest BCUT2D eigenvalue weighted by molar-refractivity contribution is 0.287. The van der Waals surface area contributed by atoms with Crippen molar-refractivity contribution in [2.45, 2.75) is 32.4 Å². The van der Waals surface area contributed by atoms with E-state index >= 15 is 0 Å². The fraction of sp³-hybridized carbons (Fsp3) is 0.286. The van der Waals surface area contributed by atoms with Crippen LogP contribution in [0, 0.1) is 6.92 Å². The third-order valence-electron chi connectivity index (χ3n) is 5.12. The van der Waals surface area contributed by atoms with E-state index in [-0.39, 0.29) is 12.6 Å². The number of para-hydroxylation sites is 1. The molecule has 1 fully saturated rings. The molecule has 1 atom stereocenters. The standard InChI is InChI=1S/C21H20N6O3/c1-14-20(26-30-24-14)17-8-5-11-27(17)19-10-9-15(12-22-19)21-23-18(25-29-21)13-28-16-6-3-2-4-7-16/h2-4,6-7,9-10,12,17H,5,8,11,13H2,1H3. The Hall–Kier alpha value is -3.75. The Morgan fingerprint density at radius 1 is 1.10 bits per heavy atom. The van der Waals surface area contributed by atoms with Crippen molar-refractivity contribution in [2.24, 2.45) is 0 Å². The van der Waals surface area contributed by atoms with Gasteiger partial charge in [0.1, 0.15) is 23.0 Å². The summed E-state index contributed by atoms with van der Waals surface area (Å²) < 4.78 is 15.9. The Morgan fingerprint density at radius 3 is 2.77 bits per heavy atom. The molecule has 3 aromatic heterocycles. The molecule has 1 aliphatic rings. The highest BCUT2D eigenvalue weighted by Gasteiger charge is 2.31. The number of hydrogen-bond donors (Lipinski definition) is 0. The van der Waals surface area contributed by atoms with Crippen molar-refractivity contribution in [1.82, 2.24) is 25.4 Å². The first-order valence-corrected chi connectivity index (χ1v) is 9.80. The summed E-state index contributed by atoms with van der Waals surface area (Å²) in [5.74, 6) is 2.52. The zero-order valence-corrected chi connectivity index (χ0v) is 16.4. The SMILES string of the molecule is Cc1nonc1C1CCCN1c1ccc(-c2nc(COc3ccccc3)no2)cn1. The van der Waals surface area contributed by atoms with Crippen LogP contribution in [-0.4, -0.2) is 32.0 Å². The van der Waals surface area contributed by atoms with Crippen LogP contribution in [-0.2, 0) is 6.61 Å². The first-order valence-electron chi connectivity index (χ1n) is 9.80. The summed E-state index contributed by atoms with van der Waals surface area (Å²) in [6, 6.07) is 13.5. The van der Waals surface area contributed by atoms with Crippen LogP contribution in [0.25, 0.3) is 11.5 Å². The average molecular weight is 404 g/mol. The van der Waals surface area contributed by atoms with Crippen LogP contribution in [0.5, 0.6) is 5.75 Å². The van der Waals surface area contributed by atoms with E-state index < -0.39 is 0 Å². The van der Waals surface area contributed by atoms with Gasteiger partial charge in [0.15, 0.2) is 6.61 Å². The Morgan fingerprint density at radius 2 is 2.00 bits per heavy atom. The minimum absolute atomic E-state index is 0.125. The van der Waals surface area contributed by atoms with Gasteiger partial charge < -0.3 is 14.2 Å². The number of nitrogens with zero attached hydrogens (tertiary/aromatic N) is 6. The normalized spacial score (nSPS) is 16.2. The highest BCUT2D eigenvalue weighted by atomic mass is 16.6. The van der Waals surface area contributed by atoms with Gasteiger partial charge in [-0.1, -0.05) is 33.7 Å². The first-order chi connectivity index (χ1) is 14.8. The third-order valence-corrected chi connectivity index (χ3v) is 5.12. The van der Waals surface area contributed by atoms with Crippen LogP contribution in [0.2, 0.25) is 0 Å².